The van der Waals surface area contributed by atoms with E-state index in [0.717, 1.165) is 24.5 Å². The summed E-state index contributed by atoms with van der Waals surface area (Å²) in [5.74, 6) is -1.41. The van der Waals surface area contributed by atoms with Gasteiger partial charge in [-0.3, -0.25) is 9.69 Å². The first-order valence-electron chi connectivity index (χ1n) is 16.8. The van der Waals surface area contributed by atoms with E-state index < -0.39 is 29.2 Å². The van der Waals surface area contributed by atoms with Crippen LogP contribution in [-0.4, -0.2) is 101 Å². The van der Waals surface area contributed by atoms with Gasteiger partial charge in [-0.2, -0.15) is 18.4 Å². The number of anilines is 1. The Morgan fingerprint density at radius 1 is 1.02 bits per heavy atom. The average Bonchev–Trinajstić information content (AvgIpc) is 3.69. The van der Waals surface area contributed by atoms with Crippen molar-refractivity contribution in [2.45, 2.75) is 55.4 Å². The molecule has 4 aliphatic rings. The standard InChI is InChI=1S/C36H44F4N4O4/c1-46-22-26-19-43(20-31(26)30-8-5-27(36(38,39)40)17-33(30)42-13-9-24(18-41)10-14-42)34(45)35(37)23-44(28-11-15-48-16-12-28)21-32(35)25-3-6-29(47-2)7-4-25/h3-8,17,24,26,28,31-32H,9-16,19-23H2,1-2H3/t26-,31?,32+,35+/m1/s1. The monoisotopic (exact) mass is 672 g/mol. The van der Waals surface area contributed by atoms with Crippen LogP contribution in [0.5, 0.6) is 5.75 Å². The molecule has 0 spiro atoms. The molecule has 1 unspecified atom stereocenters. The lowest BCUT2D eigenvalue weighted by Crippen LogP contribution is -2.50. The normalized spacial score (nSPS) is 27.7. The number of alkyl halides is 4. The predicted molar refractivity (Wildman–Crippen MR) is 172 cm³/mol. The Morgan fingerprint density at radius 2 is 1.73 bits per heavy atom. The maximum absolute atomic E-state index is 17.7. The number of carbonyl (C=O) groups excluding carboxylic acids is 1. The van der Waals surface area contributed by atoms with Gasteiger partial charge >= 0.3 is 6.18 Å². The zero-order valence-corrected chi connectivity index (χ0v) is 27.6. The van der Waals surface area contributed by atoms with Gasteiger partial charge in [-0.1, -0.05) is 18.2 Å². The first-order chi connectivity index (χ1) is 23.0. The van der Waals surface area contributed by atoms with Crippen molar-refractivity contribution in [1.82, 2.24) is 9.80 Å². The average molecular weight is 673 g/mol. The summed E-state index contributed by atoms with van der Waals surface area (Å²) in [5.41, 5.74) is -1.09. The summed E-state index contributed by atoms with van der Waals surface area (Å²) in [5, 5.41) is 9.40. The highest BCUT2D eigenvalue weighted by atomic mass is 19.4. The highest BCUT2D eigenvalue weighted by molar-refractivity contribution is 5.88. The van der Waals surface area contributed by atoms with Crippen molar-refractivity contribution in [3.63, 3.8) is 0 Å². The van der Waals surface area contributed by atoms with Gasteiger partial charge in [0.15, 0.2) is 0 Å². The number of benzene rings is 2. The van der Waals surface area contributed by atoms with Crippen molar-refractivity contribution in [2.75, 3.05) is 78.2 Å². The second-order valence-electron chi connectivity index (χ2n) is 13.7. The minimum Gasteiger partial charge on any atom is -0.497 e. The van der Waals surface area contributed by atoms with E-state index in [-0.39, 0.29) is 50.0 Å². The summed E-state index contributed by atoms with van der Waals surface area (Å²) < 4.78 is 75.9. The van der Waals surface area contributed by atoms with Crippen LogP contribution in [0.2, 0.25) is 0 Å². The van der Waals surface area contributed by atoms with Crippen LogP contribution in [0.15, 0.2) is 42.5 Å². The lowest BCUT2D eigenvalue weighted by atomic mass is 9.85. The van der Waals surface area contributed by atoms with E-state index in [1.165, 1.54) is 12.1 Å². The second kappa shape index (κ2) is 14.2. The number of halogens is 4. The van der Waals surface area contributed by atoms with Gasteiger partial charge in [0.05, 0.1) is 25.3 Å². The first-order valence-corrected chi connectivity index (χ1v) is 16.8. The van der Waals surface area contributed by atoms with Crippen molar-refractivity contribution in [1.29, 1.82) is 5.26 Å². The van der Waals surface area contributed by atoms with Crippen molar-refractivity contribution < 1.29 is 36.6 Å². The molecule has 4 fully saturated rings. The third-order valence-corrected chi connectivity index (χ3v) is 10.9. The van der Waals surface area contributed by atoms with E-state index in [1.807, 2.05) is 17.0 Å². The van der Waals surface area contributed by atoms with E-state index in [1.54, 1.807) is 31.3 Å². The fraction of sp³-hybridized carbons (Fsp3) is 0.611. The van der Waals surface area contributed by atoms with E-state index in [2.05, 4.69) is 11.0 Å². The number of nitrogens with zero attached hydrogens (tertiary/aromatic N) is 4. The van der Waals surface area contributed by atoms with Gasteiger partial charge in [0.1, 0.15) is 5.75 Å². The molecule has 4 aliphatic heterocycles. The fourth-order valence-corrected chi connectivity index (χ4v) is 8.19. The molecule has 48 heavy (non-hydrogen) atoms. The number of nitriles is 1. The van der Waals surface area contributed by atoms with Gasteiger partial charge in [-0.15, -0.1) is 0 Å². The summed E-state index contributed by atoms with van der Waals surface area (Å²) in [6.45, 7) is 3.11. The molecule has 0 aliphatic carbocycles. The molecule has 0 radical (unpaired) electrons. The summed E-state index contributed by atoms with van der Waals surface area (Å²) >= 11 is 0. The molecule has 0 bridgehead atoms. The Bertz CT molecular complexity index is 1470. The molecule has 12 heteroatoms. The van der Waals surface area contributed by atoms with Crippen molar-refractivity contribution in [2.24, 2.45) is 11.8 Å². The molecule has 0 N–H and O–H groups in total. The minimum absolute atomic E-state index is 0.0390. The van der Waals surface area contributed by atoms with E-state index in [9.17, 15) is 23.2 Å². The minimum atomic E-state index is -4.53. The SMILES string of the molecule is COC[C@H]1CN(C(=O)[C@]2(F)CN(C3CCOCC3)C[C@H]2c2ccc(OC)cc2)CC1c1ccc(C(F)(F)F)cc1N1CCC(C#N)CC1. The topological polar surface area (TPSA) is 78.3 Å². The lowest BCUT2D eigenvalue weighted by molar-refractivity contribution is -0.143. The van der Waals surface area contributed by atoms with E-state index in [0.29, 0.717) is 62.7 Å². The lowest BCUT2D eigenvalue weighted by Gasteiger charge is -2.35. The van der Waals surface area contributed by atoms with Crippen molar-refractivity contribution >= 4 is 11.6 Å². The Kier molecular flexibility index (Phi) is 10.2. The number of hydrogen-bond donors (Lipinski definition) is 0. The zero-order valence-electron chi connectivity index (χ0n) is 27.6. The molecule has 2 aromatic carbocycles. The van der Waals surface area contributed by atoms with Gasteiger partial charge < -0.3 is 24.0 Å². The highest BCUT2D eigenvalue weighted by Crippen LogP contribution is 2.46. The predicted octanol–water partition coefficient (Wildman–Crippen LogP) is 5.63. The van der Waals surface area contributed by atoms with Crippen LogP contribution in [0.4, 0.5) is 23.2 Å². The van der Waals surface area contributed by atoms with Crippen LogP contribution in [0, 0.1) is 23.2 Å². The van der Waals surface area contributed by atoms with Crippen LogP contribution in [0.3, 0.4) is 0 Å². The van der Waals surface area contributed by atoms with Crippen LogP contribution in [-0.2, 0) is 20.4 Å². The number of carbonyl (C=O) groups is 1. The maximum atomic E-state index is 17.7. The molecule has 4 atom stereocenters. The van der Waals surface area contributed by atoms with Gasteiger partial charge in [0.25, 0.3) is 5.91 Å². The smallest absolute Gasteiger partial charge is 0.416 e. The number of rotatable bonds is 8. The maximum Gasteiger partial charge on any atom is 0.416 e. The Balaban J connectivity index is 1.32. The van der Waals surface area contributed by atoms with Crippen molar-refractivity contribution in [3.8, 4) is 11.8 Å². The fourth-order valence-electron chi connectivity index (χ4n) is 8.19. The van der Waals surface area contributed by atoms with Gasteiger partial charge in [0.2, 0.25) is 5.67 Å². The first kappa shape index (κ1) is 34.5. The van der Waals surface area contributed by atoms with Crippen LogP contribution in [0.25, 0.3) is 0 Å². The second-order valence-corrected chi connectivity index (χ2v) is 13.7. The van der Waals surface area contributed by atoms with E-state index in [4.69, 9.17) is 14.2 Å². The number of likely N-dealkylation sites (tertiary alicyclic amines) is 2. The molecule has 6 rings (SSSR count). The Hall–Kier alpha value is -3.40. The van der Waals surface area contributed by atoms with Crippen LogP contribution in [0.1, 0.15) is 54.2 Å². The molecule has 0 saturated carbocycles. The Morgan fingerprint density at radius 3 is 2.35 bits per heavy atom. The van der Waals surface area contributed by atoms with Crippen molar-refractivity contribution in [3.05, 3.63) is 59.2 Å². The molecule has 0 aromatic heterocycles. The number of hydrogen-bond acceptors (Lipinski definition) is 7. The number of ether oxygens (including phenoxy) is 3. The molecule has 260 valence electrons. The molecule has 1 amide bonds. The van der Waals surface area contributed by atoms with E-state index >= 15 is 4.39 Å². The molecular formula is C36H44F4N4O4. The van der Waals surface area contributed by atoms with Gasteiger partial charge in [0, 0.05) is 95.0 Å². The molecule has 8 nitrogen and oxygen atoms in total. The summed E-state index contributed by atoms with van der Waals surface area (Å²) in [7, 11) is 3.12. The highest BCUT2D eigenvalue weighted by Gasteiger charge is 2.57. The number of piperidine rings is 1. The molecule has 2 aromatic rings. The number of methoxy groups -OCH3 is 2. The van der Waals surface area contributed by atoms with Gasteiger partial charge in [-0.05, 0) is 61.1 Å². The number of amides is 1. The summed E-state index contributed by atoms with van der Waals surface area (Å²) in [4.78, 5) is 20.1. The van der Waals surface area contributed by atoms with Crippen LogP contribution < -0.4 is 9.64 Å². The summed E-state index contributed by atoms with van der Waals surface area (Å²) in [6, 6.07) is 13.4. The molecular weight excluding hydrogens is 628 g/mol. The van der Waals surface area contributed by atoms with Gasteiger partial charge in [-0.25, -0.2) is 4.39 Å². The summed E-state index contributed by atoms with van der Waals surface area (Å²) in [6.07, 6.45) is -1.88. The third kappa shape index (κ3) is 6.87. The third-order valence-electron chi connectivity index (χ3n) is 10.9. The molecule has 4 saturated heterocycles. The Labute approximate surface area is 279 Å². The zero-order chi connectivity index (χ0) is 34.1. The molecule has 4 heterocycles. The van der Waals surface area contributed by atoms with Crippen LogP contribution >= 0.6 is 0 Å². The quantitative estimate of drug-likeness (QED) is 0.337. The largest absolute Gasteiger partial charge is 0.497 e.